The highest BCUT2D eigenvalue weighted by Gasteiger charge is 2.33. The summed E-state index contributed by atoms with van der Waals surface area (Å²) in [5.74, 6) is -0.454. The normalized spacial score (nSPS) is 13.6. The lowest BCUT2D eigenvalue weighted by atomic mass is 10.1. The highest BCUT2D eigenvalue weighted by Crippen LogP contribution is 2.29. The van der Waals surface area contributed by atoms with Crippen LogP contribution in [0.15, 0.2) is 53.7 Å². The molecule has 0 bridgehead atoms. The molecule has 124 valence electrons. The van der Waals surface area contributed by atoms with E-state index in [0.717, 1.165) is 18.3 Å². The molecule has 0 N–H and O–H groups in total. The van der Waals surface area contributed by atoms with Crippen LogP contribution in [0.1, 0.15) is 17.7 Å². The predicted octanol–water partition coefficient (Wildman–Crippen LogP) is 2.75. The number of pyridine rings is 1. The molecule has 1 heterocycles. The van der Waals surface area contributed by atoms with Gasteiger partial charge >= 0.3 is 11.4 Å². The second-order valence-corrected chi connectivity index (χ2v) is 6.88. The predicted molar refractivity (Wildman–Crippen MR) is 74.1 cm³/mol. The zero-order valence-corrected chi connectivity index (χ0v) is 12.6. The van der Waals surface area contributed by atoms with Crippen LogP contribution in [0.25, 0.3) is 0 Å². The Morgan fingerprint density at radius 1 is 1.13 bits per heavy atom. The molecule has 2 aromatic rings. The molecule has 0 unspecified atom stereocenters. The number of alkyl halides is 3. The van der Waals surface area contributed by atoms with Crippen LogP contribution in [0.4, 0.5) is 13.2 Å². The van der Waals surface area contributed by atoms with Gasteiger partial charge in [-0.25, -0.2) is 8.42 Å². The molecule has 0 aliphatic heterocycles. The van der Waals surface area contributed by atoms with Crippen molar-refractivity contribution in [1.82, 2.24) is 0 Å². The van der Waals surface area contributed by atoms with Crippen molar-refractivity contribution in [2.24, 2.45) is 0 Å². The van der Waals surface area contributed by atoms with E-state index in [9.17, 15) is 26.8 Å². The standard InChI is InChI=1S/C14H12F3NO4S/c1-10(23(20,21)13-4-2-3-9-18(13)19)11-5-7-12(8-6-11)22-14(15,16)17/h2-10H,1H3/t10-/m0/s1. The summed E-state index contributed by atoms with van der Waals surface area (Å²) in [5.41, 5.74) is 0.239. The van der Waals surface area contributed by atoms with Crippen LogP contribution in [-0.2, 0) is 9.84 Å². The van der Waals surface area contributed by atoms with Crippen LogP contribution in [0.5, 0.6) is 5.75 Å². The van der Waals surface area contributed by atoms with Crippen LogP contribution in [0.2, 0.25) is 0 Å². The molecule has 0 saturated carbocycles. The van der Waals surface area contributed by atoms with Gasteiger partial charge in [0.15, 0.2) is 6.20 Å². The maximum absolute atomic E-state index is 12.4. The molecule has 1 aromatic heterocycles. The summed E-state index contributed by atoms with van der Waals surface area (Å²) < 4.78 is 65.1. The summed E-state index contributed by atoms with van der Waals surface area (Å²) in [7, 11) is -3.98. The zero-order valence-electron chi connectivity index (χ0n) is 11.8. The number of ether oxygens (including phenoxy) is 1. The van der Waals surface area contributed by atoms with Gasteiger partial charge in [0.05, 0.1) is 5.25 Å². The lowest BCUT2D eigenvalue weighted by molar-refractivity contribution is -0.646. The van der Waals surface area contributed by atoms with Gasteiger partial charge in [-0.05, 0) is 30.7 Å². The number of benzene rings is 1. The van der Waals surface area contributed by atoms with Crippen molar-refractivity contribution >= 4 is 9.84 Å². The van der Waals surface area contributed by atoms with Crippen LogP contribution in [0.3, 0.4) is 0 Å². The number of nitrogens with zero attached hydrogens (tertiary/aromatic N) is 1. The third-order valence-electron chi connectivity index (χ3n) is 3.13. The number of rotatable bonds is 4. The van der Waals surface area contributed by atoms with Crippen molar-refractivity contribution in [2.45, 2.75) is 23.6 Å². The smallest absolute Gasteiger partial charge is 0.573 e. The topological polar surface area (TPSA) is 70.3 Å². The fourth-order valence-corrected chi connectivity index (χ4v) is 3.39. The summed E-state index contributed by atoms with van der Waals surface area (Å²) >= 11 is 0. The van der Waals surface area contributed by atoms with Gasteiger partial charge in [-0.2, -0.15) is 4.73 Å². The molecule has 0 fully saturated rings. The molecular formula is C14H12F3NO4S. The quantitative estimate of drug-likeness (QED) is 0.630. The average Bonchev–Trinajstić information content (AvgIpc) is 2.46. The molecule has 0 saturated heterocycles. The highest BCUT2D eigenvalue weighted by molar-refractivity contribution is 7.91. The minimum Gasteiger partial charge on any atom is -0.618 e. The summed E-state index contributed by atoms with van der Waals surface area (Å²) in [4.78, 5) is 0. The number of sulfone groups is 1. The van der Waals surface area contributed by atoms with Crippen molar-refractivity contribution in [3.8, 4) is 5.75 Å². The Hall–Kier alpha value is -2.29. The first-order chi connectivity index (χ1) is 10.6. The second kappa shape index (κ2) is 6.07. The van der Waals surface area contributed by atoms with E-state index >= 15 is 0 Å². The Bertz CT molecular complexity index is 788. The Morgan fingerprint density at radius 3 is 2.26 bits per heavy atom. The fraction of sp³-hybridized carbons (Fsp3) is 0.214. The fourth-order valence-electron chi connectivity index (χ4n) is 1.93. The molecule has 2 rings (SSSR count). The van der Waals surface area contributed by atoms with Gasteiger partial charge in [-0.15, -0.1) is 13.2 Å². The largest absolute Gasteiger partial charge is 0.618 e. The molecule has 0 radical (unpaired) electrons. The van der Waals surface area contributed by atoms with Gasteiger partial charge in [0, 0.05) is 12.1 Å². The Morgan fingerprint density at radius 2 is 1.74 bits per heavy atom. The van der Waals surface area contributed by atoms with Crippen LogP contribution < -0.4 is 9.47 Å². The van der Waals surface area contributed by atoms with Crippen molar-refractivity contribution in [3.05, 3.63) is 59.4 Å². The summed E-state index contributed by atoms with van der Waals surface area (Å²) in [6.45, 7) is 1.35. The van der Waals surface area contributed by atoms with E-state index in [1.807, 2.05) is 0 Å². The van der Waals surface area contributed by atoms with Gasteiger partial charge < -0.3 is 9.94 Å². The van der Waals surface area contributed by atoms with E-state index in [-0.39, 0.29) is 10.3 Å². The molecular weight excluding hydrogens is 335 g/mol. The van der Waals surface area contributed by atoms with E-state index < -0.39 is 32.2 Å². The van der Waals surface area contributed by atoms with Gasteiger partial charge in [0.1, 0.15) is 5.75 Å². The number of aromatic nitrogens is 1. The van der Waals surface area contributed by atoms with Gasteiger partial charge in [0.25, 0.3) is 0 Å². The first-order valence-electron chi connectivity index (χ1n) is 6.39. The van der Waals surface area contributed by atoms with Crippen molar-refractivity contribution in [1.29, 1.82) is 0 Å². The van der Waals surface area contributed by atoms with Crippen LogP contribution in [0, 0.1) is 5.21 Å². The first kappa shape index (κ1) is 17.1. The minimum absolute atomic E-state index is 0.229. The minimum atomic E-state index is -4.82. The maximum Gasteiger partial charge on any atom is 0.573 e. The third kappa shape index (κ3) is 3.92. The van der Waals surface area contributed by atoms with Gasteiger partial charge in [-0.3, -0.25) is 0 Å². The molecule has 9 heteroatoms. The monoisotopic (exact) mass is 347 g/mol. The SMILES string of the molecule is C[C@@H](c1ccc(OC(F)(F)F)cc1)S(=O)(=O)c1cccc[n+]1[O-]. The molecule has 0 aliphatic rings. The van der Waals surface area contributed by atoms with Gasteiger partial charge in [-0.1, -0.05) is 12.1 Å². The zero-order chi connectivity index (χ0) is 17.3. The number of halogens is 3. The molecule has 1 aromatic carbocycles. The molecule has 0 amide bonds. The Balaban J connectivity index is 2.30. The van der Waals surface area contributed by atoms with Crippen molar-refractivity contribution in [3.63, 3.8) is 0 Å². The lowest BCUT2D eigenvalue weighted by Gasteiger charge is -2.14. The van der Waals surface area contributed by atoms with E-state index in [2.05, 4.69) is 4.74 Å². The van der Waals surface area contributed by atoms with E-state index in [0.29, 0.717) is 0 Å². The first-order valence-corrected chi connectivity index (χ1v) is 7.94. The maximum atomic E-state index is 12.4. The number of hydrogen-bond donors (Lipinski definition) is 0. The summed E-state index contributed by atoms with van der Waals surface area (Å²) in [6, 6.07) is 8.42. The van der Waals surface area contributed by atoms with Crippen LogP contribution >= 0.6 is 0 Å². The van der Waals surface area contributed by atoms with E-state index in [1.165, 1.54) is 37.3 Å². The van der Waals surface area contributed by atoms with Crippen molar-refractivity contribution < 1.29 is 31.1 Å². The van der Waals surface area contributed by atoms with E-state index in [1.54, 1.807) is 0 Å². The lowest BCUT2D eigenvalue weighted by Crippen LogP contribution is -2.34. The summed E-state index contributed by atoms with van der Waals surface area (Å²) in [5, 5.41) is 10.1. The average molecular weight is 347 g/mol. The number of hydrogen-bond acceptors (Lipinski definition) is 4. The second-order valence-electron chi connectivity index (χ2n) is 4.67. The molecule has 1 atom stereocenters. The molecule has 5 nitrogen and oxygen atoms in total. The Labute approximate surface area is 130 Å². The third-order valence-corrected chi connectivity index (χ3v) is 5.23. The molecule has 0 aliphatic carbocycles. The Kier molecular flexibility index (Phi) is 4.51. The highest BCUT2D eigenvalue weighted by atomic mass is 32.2. The van der Waals surface area contributed by atoms with E-state index in [4.69, 9.17) is 0 Å². The summed E-state index contributed by atoms with van der Waals surface area (Å²) in [6.07, 6.45) is -3.77. The van der Waals surface area contributed by atoms with Crippen LogP contribution in [-0.4, -0.2) is 14.8 Å². The van der Waals surface area contributed by atoms with Gasteiger partial charge in [0.2, 0.25) is 9.84 Å². The molecule has 0 spiro atoms. The molecule has 23 heavy (non-hydrogen) atoms. The van der Waals surface area contributed by atoms with Crippen molar-refractivity contribution in [2.75, 3.05) is 0 Å².